The van der Waals surface area contributed by atoms with E-state index in [-0.39, 0.29) is 6.10 Å². The normalized spacial score (nSPS) is 12.4. The molecule has 6 heteroatoms. The number of hydrogen-bond donors (Lipinski definition) is 1. The Morgan fingerprint density at radius 3 is 2.67 bits per heavy atom. The summed E-state index contributed by atoms with van der Waals surface area (Å²) in [6.45, 7) is 2.74. The Labute approximate surface area is 119 Å². The van der Waals surface area contributed by atoms with Gasteiger partial charge in [0.25, 0.3) is 0 Å². The van der Waals surface area contributed by atoms with Crippen LogP contribution in [0.1, 0.15) is 15.9 Å². The lowest BCUT2D eigenvalue weighted by Crippen LogP contribution is -2.14. The number of aryl methyl sites for hydroxylation is 1. The summed E-state index contributed by atoms with van der Waals surface area (Å²) in [5.74, 6) is 0.605. The largest absolute Gasteiger partial charge is 0.374 e. The standard InChI is InChI=1S/C12H14BrN3OS/c1-8-3-4-11(18-8)10(17-2)7-16-12-14-5-9(13)6-15-12/h3-6,10H,7H2,1-2H3,(H,14,15,16). The average molecular weight is 328 g/mol. The van der Waals surface area contributed by atoms with E-state index < -0.39 is 0 Å². The molecule has 0 aliphatic heterocycles. The average Bonchev–Trinajstić information content (AvgIpc) is 2.79. The van der Waals surface area contributed by atoms with E-state index in [1.807, 2.05) is 0 Å². The van der Waals surface area contributed by atoms with Crippen molar-refractivity contribution in [2.24, 2.45) is 0 Å². The van der Waals surface area contributed by atoms with E-state index in [0.717, 1.165) is 4.47 Å². The number of hydrogen-bond acceptors (Lipinski definition) is 5. The molecule has 4 nitrogen and oxygen atoms in total. The molecule has 0 spiro atoms. The molecular formula is C12H14BrN3OS. The molecule has 0 saturated carbocycles. The molecule has 1 N–H and O–H groups in total. The zero-order chi connectivity index (χ0) is 13.0. The van der Waals surface area contributed by atoms with Crippen LogP contribution in [0.2, 0.25) is 0 Å². The van der Waals surface area contributed by atoms with Gasteiger partial charge in [0, 0.05) is 35.8 Å². The molecule has 1 atom stereocenters. The number of rotatable bonds is 5. The van der Waals surface area contributed by atoms with E-state index in [0.29, 0.717) is 12.5 Å². The summed E-state index contributed by atoms with van der Waals surface area (Å²) in [6.07, 6.45) is 3.45. The minimum Gasteiger partial charge on any atom is -0.374 e. The van der Waals surface area contributed by atoms with Gasteiger partial charge in [-0.05, 0) is 35.0 Å². The van der Waals surface area contributed by atoms with E-state index >= 15 is 0 Å². The second-order valence-corrected chi connectivity index (χ2v) is 6.01. The summed E-state index contributed by atoms with van der Waals surface area (Å²) in [4.78, 5) is 10.8. The number of nitrogens with zero attached hydrogens (tertiary/aromatic N) is 2. The van der Waals surface area contributed by atoms with Crippen LogP contribution in [0.25, 0.3) is 0 Å². The quantitative estimate of drug-likeness (QED) is 0.914. The van der Waals surface area contributed by atoms with Crippen LogP contribution in [0.15, 0.2) is 29.0 Å². The van der Waals surface area contributed by atoms with Gasteiger partial charge in [-0.3, -0.25) is 0 Å². The Bertz CT molecular complexity index is 500. The number of nitrogens with one attached hydrogen (secondary N) is 1. The topological polar surface area (TPSA) is 47.0 Å². The van der Waals surface area contributed by atoms with E-state index in [1.54, 1.807) is 30.8 Å². The first-order valence-electron chi connectivity index (χ1n) is 5.49. The van der Waals surface area contributed by atoms with E-state index in [2.05, 4.69) is 50.3 Å². The van der Waals surface area contributed by atoms with Crippen LogP contribution in [0.5, 0.6) is 0 Å². The Morgan fingerprint density at radius 1 is 1.39 bits per heavy atom. The van der Waals surface area contributed by atoms with Gasteiger partial charge in [-0.25, -0.2) is 9.97 Å². The van der Waals surface area contributed by atoms with Crippen molar-refractivity contribution in [3.8, 4) is 0 Å². The summed E-state index contributed by atoms with van der Waals surface area (Å²) in [6, 6.07) is 4.19. The highest BCUT2D eigenvalue weighted by Gasteiger charge is 2.12. The molecular weight excluding hydrogens is 314 g/mol. The number of anilines is 1. The van der Waals surface area contributed by atoms with Crippen molar-refractivity contribution >= 4 is 33.2 Å². The van der Waals surface area contributed by atoms with Gasteiger partial charge in [-0.15, -0.1) is 11.3 Å². The van der Waals surface area contributed by atoms with Crippen LogP contribution in [-0.4, -0.2) is 23.6 Å². The molecule has 96 valence electrons. The summed E-state index contributed by atoms with van der Waals surface area (Å²) in [5.41, 5.74) is 0. The molecule has 0 aliphatic rings. The summed E-state index contributed by atoms with van der Waals surface area (Å²) < 4.78 is 6.34. The SMILES string of the molecule is COC(CNc1ncc(Br)cn1)c1ccc(C)s1. The second kappa shape index (κ2) is 6.26. The van der Waals surface area contributed by atoms with Crippen molar-refractivity contribution in [1.82, 2.24) is 9.97 Å². The molecule has 0 aromatic carbocycles. The lowest BCUT2D eigenvalue weighted by atomic mass is 10.3. The third-order valence-corrected chi connectivity index (χ3v) is 3.93. The number of ether oxygens (including phenoxy) is 1. The van der Waals surface area contributed by atoms with Crippen LogP contribution >= 0.6 is 27.3 Å². The van der Waals surface area contributed by atoms with Crippen molar-refractivity contribution in [3.63, 3.8) is 0 Å². The Balaban J connectivity index is 1.97. The Hall–Kier alpha value is -0.980. The molecule has 2 heterocycles. The van der Waals surface area contributed by atoms with Gasteiger partial charge in [-0.1, -0.05) is 0 Å². The highest BCUT2D eigenvalue weighted by Crippen LogP contribution is 2.25. The minimum atomic E-state index is 0.0240. The van der Waals surface area contributed by atoms with Gasteiger partial charge in [0.1, 0.15) is 6.10 Å². The van der Waals surface area contributed by atoms with Gasteiger partial charge in [0.15, 0.2) is 0 Å². The molecule has 18 heavy (non-hydrogen) atoms. The minimum absolute atomic E-state index is 0.0240. The van der Waals surface area contributed by atoms with Crippen LogP contribution < -0.4 is 5.32 Å². The highest BCUT2D eigenvalue weighted by molar-refractivity contribution is 9.10. The summed E-state index contributed by atoms with van der Waals surface area (Å²) in [5, 5.41) is 3.17. The first-order chi connectivity index (χ1) is 8.69. The maximum atomic E-state index is 5.48. The number of halogens is 1. The number of aromatic nitrogens is 2. The van der Waals surface area contributed by atoms with E-state index in [9.17, 15) is 0 Å². The number of thiophene rings is 1. The number of methoxy groups -OCH3 is 1. The highest BCUT2D eigenvalue weighted by atomic mass is 79.9. The maximum Gasteiger partial charge on any atom is 0.222 e. The fourth-order valence-corrected chi connectivity index (χ4v) is 2.67. The maximum absolute atomic E-state index is 5.48. The van der Waals surface area contributed by atoms with Gasteiger partial charge < -0.3 is 10.1 Å². The van der Waals surface area contributed by atoms with Crippen LogP contribution in [0, 0.1) is 6.92 Å². The smallest absolute Gasteiger partial charge is 0.222 e. The second-order valence-electron chi connectivity index (χ2n) is 3.78. The third kappa shape index (κ3) is 3.51. The molecule has 0 saturated heterocycles. The Kier molecular flexibility index (Phi) is 4.68. The molecule has 2 aromatic heterocycles. The molecule has 0 fully saturated rings. The zero-order valence-electron chi connectivity index (χ0n) is 10.2. The van der Waals surface area contributed by atoms with Crippen LogP contribution in [0.3, 0.4) is 0 Å². The van der Waals surface area contributed by atoms with Gasteiger partial charge in [0.05, 0.1) is 4.47 Å². The monoisotopic (exact) mass is 327 g/mol. The fraction of sp³-hybridized carbons (Fsp3) is 0.333. The van der Waals surface area contributed by atoms with Gasteiger partial charge in [-0.2, -0.15) is 0 Å². The lowest BCUT2D eigenvalue weighted by molar-refractivity contribution is 0.117. The van der Waals surface area contributed by atoms with Crippen molar-refractivity contribution in [2.75, 3.05) is 19.0 Å². The molecule has 0 bridgehead atoms. The third-order valence-electron chi connectivity index (χ3n) is 2.43. The molecule has 1 unspecified atom stereocenters. The van der Waals surface area contributed by atoms with E-state index in [4.69, 9.17) is 4.74 Å². The first kappa shape index (κ1) is 13.5. The van der Waals surface area contributed by atoms with Gasteiger partial charge >= 0.3 is 0 Å². The first-order valence-corrected chi connectivity index (χ1v) is 7.10. The van der Waals surface area contributed by atoms with Crippen molar-refractivity contribution in [2.45, 2.75) is 13.0 Å². The van der Waals surface area contributed by atoms with Crippen molar-refractivity contribution < 1.29 is 4.74 Å². The van der Waals surface area contributed by atoms with Crippen molar-refractivity contribution in [3.05, 3.63) is 38.8 Å². The molecule has 0 amide bonds. The van der Waals surface area contributed by atoms with Crippen LogP contribution in [0.4, 0.5) is 5.95 Å². The predicted molar refractivity (Wildman–Crippen MR) is 77.0 cm³/mol. The molecule has 2 rings (SSSR count). The summed E-state index contributed by atoms with van der Waals surface area (Å²) in [7, 11) is 1.71. The fourth-order valence-electron chi connectivity index (χ4n) is 1.51. The van der Waals surface area contributed by atoms with Crippen LogP contribution in [-0.2, 0) is 4.74 Å². The Morgan fingerprint density at radius 2 is 2.11 bits per heavy atom. The summed E-state index contributed by atoms with van der Waals surface area (Å²) >= 11 is 5.05. The van der Waals surface area contributed by atoms with Gasteiger partial charge in [0.2, 0.25) is 5.95 Å². The molecule has 0 aliphatic carbocycles. The predicted octanol–water partition coefficient (Wildman–Crippen LogP) is 3.41. The lowest BCUT2D eigenvalue weighted by Gasteiger charge is -2.14. The van der Waals surface area contributed by atoms with E-state index in [1.165, 1.54) is 9.75 Å². The van der Waals surface area contributed by atoms with Crippen molar-refractivity contribution in [1.29, 1.82) is 0 Å². The zero-order valence-corrected chi connectivity index (χ0v) is 12.6. The molecule has 2 aromatic rings. The molecule has 0 radical (unpaired) electrons.